The molecule has 1 fully saturated rings. The number of carbonyl (C=O) groups excluding carboxylic acids is 1. The summed E-state index contributed by atoms with van der Waals surface area (Å²) in [7, 11) is 0. The molecule has 1 heterocycles. The summed E-state index contributed by atoms with van der Waals surface area (Å²) in [6, 6.07) is 6.36. The molecule has 24 heavy (non-hydrogen) atoms. The molecule has 0 radical (unpaired) electrons. The third-order valence-electron chi connectivity index (χ3n) is 4.16. The summed E-state index contributed by atoms with van der Waals surface area (Å²) in [5, 5.41) is 8.96. The average Bonchev–Trinajstić information content (AvgIpc) is 2.53. The molecule has 1 aromatic rings. The van der Waals surface area contributed by atoms with Gasteiger partial charge in [-0.15, -0.1) is 0 Å². The van der Waals surface area contributed by atoms with E-state index in [4.69, 9.17) is 4.74 Å². The summed E-state index contributed by atoms with van der Waals surface area (Å²) in [5.41, 5.74) is 0.505. The predicted molar refractivity (Wildman–Crippen MR) is 91.7 cm³/mol. The van der Waals surface area contributed by atoms with Gasteiger partial charge in [0, 0.05) is 12.3 Å². The van der Waals surface area contributed by atoms with Crippen LogP contribution in [0, 0.1) is 5.82 Å². The maximum absolute atomic E-state index is 14.2. The highest BCUT2D eigenvalue weighted by Crippen LogP contribution is 2.38. The highest BCUT2D eigenvalue weighted by Gasteiger charge is 2.40. The number of benzene rings is 1. The van der Waals surface area contributed by atoms with Crippen molar-refractivity contribution in [3.63, 3.8) is 0 Å². The summed E-state index contributed by atoms with van der Waals surface area (Å²) in [5.74, 6) is -0.217. The fraction of sp³-hybridized carbons (Fsp3) is 0.444. The summed E-state index contributed by atoms with van der Waals surface area (Å²) >= 11 is 0. The number of hydrogen-bond acceptors (Lipinski definition) is 5. The Labute approximate surface area is 142 Å². The van der Waals surface area contributed by atoms with Crippen LogP contribution in [0.15, 0.2) is 40.8 Å². The Morgan fingerprint density at radius 2 is 2.17 bits per heavy atom. The first-order chi connectivity index (χ1) is 11.3. The molecule has 0 spiro atoms. The first kappa shape index (κ1) is 18.0. The molecule has 2 rings (SSSR count). The van der Waals surface area contributed by atoms with Crippen molar-refractivity contribution in [3.8, 4) is 0 Å². The molecule has 130 valence electrons. The van der Waals surface area contributed by atoms with Crippen molar-refractivity contribution in [1.82, 2.24) is 10.3 Å². The van der Waals surface area contributed by atoms with Gasteiger partial charge in [0.1, 0.15) is 11.6 Å². The van der Waals surface area contributed by atoms with Gasteiger partial charge >= 0.3 is 5.97 Å². The number of esters is 1. The fourth-order valence-corrected chi connectivity index (χ4v) is 2.98. The Morgan fingerprint density at radius 1 is 1.50 bits per heavy atom. The van der Waals surface area contributed by atoms with Crippen molar-refractivity contribution < 1.29 is 13.9 Å². The van der Waals surface area contributed by atoms with E-state index in [1.54, 1.807) is 37.1 Å². The van der Waals surface area contributed by atoms with Gasteiger partial charge < -0.3 is 10.1 Å². The molecule has 0 bridgehead atoms. The zero-order valence-electron chi connectivity index (χ0n) is 14.6. The summed E-state index contributed by atoms with van der Waals surface area (Å²) < 4.78 is 19.3. The number of ether oxygens (including phenoxy) is 1. The number of nitrogens with one attached hydrogen (secondary N) is 1. The molecular formula is C18H24FN3O2. The Kier molecular flexibility index (Phi) is 5.26. The van der Waals surface area contributed by atoms with E-state index in [1.807, 2.05) is 13.8 Å². The van der Waals surface area contributed by atoms with Crippen LogP contribution in [-0.2, 0) is 9.53 Å². The molecule has 1 saturated heterocycles. The number of rotatable bonds is 4. The van der Waals surface area contributed by atoms with Crippen LogP contribution >= 0.6 is 0 Å². The lowest BCUT2D eigenvalue weighted by Gasteiger charge is -2.46. The molecule has 0 aromatic heterocycles. The van der Waals surface area contributed by atoms with Crippen LogP contribution in [0.25, 0.3) is 0 Å². The minimum Gasteiger partial charge on any atom is -0.463 e. The minimum absolute atomic E-state index is 0.279. The largest absolute Gasteiger partial charge is 0.463 e. The van der Waals surface area contributed by atoms with Crippen LogP contribution in [0.4, 0.5) is 4.39 Å². The number of nitrogens with zero attached hydrogens (tertiary/aromatic N) is 2. The van der Waals surface area contributed by atoms with Crippen LogP contribution in [-0.4, -0.2) is 29.8 Å². The number of carbonyl (C=O) groups is 1. The van der Waals surface area contributed by atoms with Gasteiger partial charge in [-0.3, -0.25) is 0 Å². The van der Waals surface area contributed by atoms with Gasteiger partial charge in [0.2, 0.25) is 0 Å². The van der Waals surface area contributed by atoms with Crippen molar-refractivity contribution >= 4 is 12.7 Å². The molecule has 0 amide bonds. The molecule has 1 atom stereocenters. The zero-order valence-corrected chi connectivity index (χ0v) is 14.6. The number of hydrazone groups is 1. The Hall–Kier alpha value is -2.37. The van der Waals surface area contributed by atoms with Crippen molar-refractivity contribution in [2.45, 2.75) is 45.7 Å². The molecule has 1 aliphatic heterocycles. The standard InChI is InChI=1S/C18H24FN3O2/c1-6-24-17(23)12(2)16-21-15(11-18(3,4)22(16)20-5)13-9-7-8-10-14(13)19/h7-10,15,21H,5-6,11H2,1-4H3/b16-12+. The molecule has 5 nitrogen and oxygen atoms in total. The second-order valence-corrected chi connectivity index (χ2v) is 6.38. The van der Waals surface area contributed by atoms with Crippen molar-refractivity contribution in [2.75, 3.05) is 6.61 Å². The van der Waals surface area contributed by atoms with Gasteiger partial charge in [-0.1, -0.05) is 18.2 Å². The maximum Gasteiger partial charge on any atom is 0.337 e. The molecule has 1 aliphatic rings. The zero-order chi connectivity index (χ0) is 17.9. The molecule has 0 aliphatic carbocycles. The number of hydrogen-bond donors (Lipinski definition) is 1. The van der Waals surface area contributed by atoms with E-state index in [0.717, 1.165) is 0 Å². The van der Waals surface area contributed by atoms with Gasteiger partial charge in [-0.25, -0.2) is 14.2 Å². The first-order valence-electron chi connectivity index (χ1n) is 7.97. The Morgan fingerprint density at radius 3 is 2.75 bits per heavy atom. The monoisotopic (exact) mass is 333 g/mol. The Balaban J connectivity index is 2.48. The first-order valence-corrected chi connectivity index (χ1v) is 7.97. The van der Waals surface area contributed by atoms with Gasteiger partial charge in [0.15, 0.2) is 0 Å². The summed E-state index contributed by atoms with van der Waals surface area (Å²) in [6.45, 7) is 11.3. The van der Waals surface area contributed by atoms with Crippen LogP contribution in [0.3, 0.4) is 0 Å². The second kappa shape index (κ2) is 7.03. The van der Waals surface area contributed by atoms with E-state index in [9.17, 15) is 9.18 Å². The van der Waals surface area contributed by atoms with E-state index in [2.05, 4.69) is 17.1 Å². The smallest absolute Gasteiger partial charge is 0.337 e. The third kappa shape index (κ3) is 3.42. The molecule has 0 saturated carbocycles. The minimum atomic E-state index is -0.441. The second-order valence-electron chi connectivity index (χ2n) is 6.38. The van der Waals surface area contributed by atoms with Crippen LogP contribution < -0.4 is 5.32 Å². The van der Waals surface area contributed by atoms with E-state index in [0.29, 0.717) is 23.4 Å². The van der Waals surface area contributed by atoms with Crippen LogP contribution in [0.1, 0.15) is 45.7 Å². The normalized spacial score (nSPS) is 21.7. The highest BCUT2D eigenvalue weighted by molar-refractivity contribution is 5.88. The quantitative estimate of drug-likeness (QED) is 0.521. The fourth-order valence-electron chi connectivity index (χ4n) is 2.98. The maximum atomic E-state index is 14.2. The topological polar surface area (TPSA) is 53.9 Å². The predicted octanol–water partition coefficient (Wildman–Crippen LogP) is 3.35. The van der Waals surface area contributed by atoms with Crippen molar-refractivity contribution in [3.05, 3.63) is 47.0 Å². The lowest BCUT2D eigenvalue weighted by Crippen LogP contribution is -2.52. The van der Waals surface area contributed by atoms with E-state index >= 15 is 0 Å². The summed E-state index contributed by atoms with van der Waals surface area (Å²) in [6.07, 6.45) is 0.604. The summed E-state index contributed by atoms with van der Waals surface area (Å²) in [4.78, 5) is 12.1. The van der Waals surface area contributed by atoms with Gasteiger partial charge in [0.05, 0.1) is 23.8 Å². The lowest BCUT2D eigenvalue weighted by molar-refractivity contribution is -0.138. The molecular weight excluding hydrogens is 309 g/mol. The van der Waals surface area contributed by atoms with Gasteiger partial charge in [-0.2, -0.15) is 5.10 Å². The van der Waals surface area contributed by atoms with E-state index in [1.165, 1.54) is 6.07 Å². The molecule has 6 heteroatoms. The Bertz CT molecular complexity index is 670. The van der Waals surface area contributed by atoms with Gasteiger partial charge in [0.25, 0.3) is 0 Å². The SMILES string of the molecule is C=NN1/C(=C(\C)C(=O)OCC)NC(c2ccccc2F)CC1(C)C. The molecule has 1 N–H and O–H groups in total. The van der Waals surface area contributed by atoms with E-state index < -0.39 is 11.5 Å². The molecule has 1 unspecified atom stereocenters. The van der Waals surface area contributed by atoms with Gasteiger partial charge in [-0.05, 0) is 40.2 Å². The van der Waals surface area contributed by atoms with Crippen molar-refractivity contribution in [2.24, 2.45) is 5.10 Å². The van der Waals surface area contributed by atoms with E-state index in [-0.39, 0.29) is 18.5 Å². The van der Waals surface area contributed by atoms with Crippen molar-refractivity contribution in [1.29, 1.82) is 0 Å². The van der Waals surface area contributed by atoms with Crippen LogP contribution in [0.2, 0.25) is 0 Å². The lowest BCUT2D eigenvalue weighted by atomic mass is 9.87. The van der Waals surface area contributed by atoms with Crippen LogP contribution in [0.5, 0.6) is 0 Å². The third-order valence-corrected chi connectivity index (χ3v) is 4.16. The number of halogens is 1. The average molecular weight is 333 g/mol. The highest BCUT2D eigenvalue weighted by atomic mass is 19.1. The molecule has 1 aromatic carbocycles.